The number of aryl methyl sites for hydroxylation is 1. The van der Waals surface area contributed by atoms with Gasteiger partial charge in [0.15, 0.2) is 0 Å². The highest BCUT2D eigenvalue weighted by Crippen LogP contribution is 2.29. The van der Waals surface area contributed by atoms with Gasteiger partial charge in [0.1, 0.15) is 11.5 Å². The van der Waals surface area contributed by atoms with Crippen molar-refractivity contribution in [2.24, 2.45) is 0 Å². The third-order valence-electron chi connectivity index (χ3n) is 2.72. The molecule has 0 fully saturated rings. The number of ether oxygens (including phenoxy) is 1. The van der Waals surface area contributed by atoms with Crippen LogP contribution in [0.2, 0.25) is 0 Å². The van der Waals surface area contributed by atoms with Crippen LogP contribution in [0.4, 0.5) is 0 Å². The Morgan fingerprint density at radius 3 is 3.00 bits per heavy atom. The van der Waals surface area contributed by atoms with Gasteiger partial charge in [-0.15, -0.1) is 0 Å². The summed E-state index contributed by atoms with van der Waals surface area (Å²) in [5, 5.41) is 3.27. The molecule has 1 aromatic heterocycles. The molecular weight excluding hydrogens is 190 g/mol. The highest BCUT2D eigenvalue weighted by Gasteiger charge is 2.22. The number of likely N-dealkylation sites (N-methyl/N-ethyl adjacent to an activating group) is 1. The number of furan rings is 1. The first-order valence-corrected chi connectivity index (χ1v) is 5.43. The Hall–Kier alpha value is -1.22. The quantitative estimate of drug-likeness (QED) is 0.823. The van der Waals surface area contributed by atoms with Gasteiger partial charge in [0, 0.05) is 18.4 Å². The van der Waals surface area contributed by atoms with Crippen LogP contribution in [0, 0.1) is 0 Å². The van der Waals surface area contributed by atoms with E-state index in [1.807, 2.05) is 13.1 Å². The Labute approximate surface area is 90.1 Å². The molecule has 2 heterocycles. The lowest BCUT2D eigenvalue weighted by Gasteiger charge is -2.17. The van der Waals surface area contributed by atoms with E-state index in [2.05, 4.69) is 18.3 Å². The number of hydrogen-bond acceptors (Lipinski definition) is 3. The van der Waals surface area contributed by atoms with Crippen LogP contribution < -0.4 is 5.32 Å². The summed E-state index contributed by atoms with van der Waals surface area (Å²) in [6, 6.07) is 2.16. The van der Waals surface area contributed by atoms with Crippen LogP contribution in [0.3, 0.4) is 0 Å². The second kappa shape index (κ2) is 4.53. The van der Waals surface area contributed by atoms with Crippen molar-refractivity contribution in [2.75, 3.05) is 13.7 Å². The van der Waals surface area contributed by atoms with Crippen molar-refractivity contribution >= 4 is 0 Å². The van der Waals surface area contributed by atoms with E-state index in [0.717, 1.165) is 31.0 Å². The highest BCUT2D eigenvalue weighted by molar-refractivity contribution is 5.28. The Morgan fingerprint density at radius 1 is 1.53 bits per heavy atom. The van der Waals surface area contributed by atoms with E-state index in [1.165, 1.54) is 5.56 Å². The fraction of sp³-hybridized carbons (Fsp3) is 0.500. The molecule has 0 saturated heterocycles. The van der Waals surface area contributed by atoms with E-state index < -0.39 is 0 Å². The molecule has 1 unspecified atom stereocenters. The first kappa shape index (κ1) is 10.3. The topological polar surface area (TPSA) is 34.4 Å². The van der Waals surface area contributed by atoms with Gasteiger partial charge >= 0.3 is 0 Å². The van der Waals surface area contributed by atoms with Crippen molar-refractivity contribution in [1.29, 1.82) is 0 Å². The van der Waals surface area contributed by atoms with Crippen molar-refractivity contribution in [1.82, 2.24) is 5.32 Å². The summed E-state index contributed by atoms with van der Waals surface area (Å²) in [5.41, 5.74) is 1.19. The van der Waals surface area contributed by atoms with Gasteiger partial charge in [0.2, 0.25) is 0 Å². The Balaban J connectivity index is 2.26. The van der Waals surface area contributed by atoms with Crippen LogP contribution in [-0.4, -0.2) is 13.7 Å². The second-order valence-electron chi connectivity index (χ2n) is 3.62. The molecule has 0 aliphatic carbocycles. The van der Waals surface area contributed by atoms with Gasteiger partial charge < -0.3 is 14.5 Å². The molecule has 0 radical (unpaired) electrons. The lowest BCUT2D eigenvalue weighted by Crippen LogP contribution is -2.19. The molecule has 2 rings (SSSR count). The van der Waals surface area contributed by atoms with Gasteiger partial charge in [0.25, 0.3) is 0 Å². The molecule has 82 valence electrons. The zero-order valence-corrected chi connectivity index (χ0v) is 9.25. The molecule has 0 bridgehead atoms. The van der Waals surface area contributed by atoms with Crippen molar-refractivity contribution < 1.29 is 9.15 Å². The van der Waals surface area contributed by atoms with Gasteiger partial charge in [-0.3, -0.25) is 0 Å². The van der Waals surface area contributed by atoms with Crippen LogP contribution in [-0.2, 0) is 11.2 Å². The molecule has 1 N–H and O–H groups in total. The summed E-state index contributed by atoms with van der Waals surface area (Å²) in [6.07, 6.45) is 5.81. The molecule has 0 spiro atoms. The van der Waals surface area contributed by atoms with E-state index in [0.29, 0.717) is 0 Å². The van der Waals surface area contributed by atoms with Crippen LogP contribution in [0.15, 0.2) is 28.6 Å². The molecule has 3 heteroatoms. The largest absolute Gasteiger partial charge is 0.496 e. The molecule has 1 aliphatic rings. The van der Waals surface area contributed by atoms with E-state index in [-0.39, 0.29) is 6.04 Å². The minimum Gasteiger partial charge on any atom is -0.496 e. The summed E-state index contributed by atoms with van der Waals surface area (Å²) < 4.78 is 11.0. The standard InChI is InChI=1S/C12H17NO2/c1-3-10-9(6-8-15-10)12(13-2)11-5-4-7-14-11/h5-6,8,12-13H,3-4,7H2,1-2H3. The molecule has 0 amide bonds. The third kappa shape index (κ3) is 1.92. The predicted octanol–water partition coefficient (Wildman–Crippen LogP) is 2.41. The van der Waals surface area contributed by atoms with E-state index in [1.54, 1.807) is 6.26 Å². The summed E-state index contributed by atoms with van der Waals surface area (Å²) in [4.78, 5) is 0. The highest BCUT2D eigenvalue weighted by atomic mass is 16.5. The zero-order chi connectivity index (χ0) is 10.7. The van der Waals surface area contributed by atoms with Gasteiger partial charge in [0.05, 0.1) is 18.9 Å². The van der Waals surface area contributed by atoms with Gasteiger partial charge in [-0.25, -0.2) is 0 Å². The van der Waals surface area contributed by atoms with Gasteiger partial charge in [-0.05, 0) is 19.2 Å². The Morgan fingerprint density at radius 2 is 2.40 bits per heavy atom. The van der Waals surface area contributed by atoms with E-state index in [4.69, 9.17) is 9.15 Å². The zero-order valence-electron chi connectivity index (χ0n) is 9.25. The average molecular weight is 207 g/mol. The third-order valence-corrected chi connectivity index (χ3v) is 2.72. The first-order chi connectivity index (χ1) is 7.36. The second-order valence-corrected chi connectivity index (χ2v) is 3.62. The minimum absolute atomic E-state index is 0.140. The average Bonchev–Trinajstić information content (AvgIpc) is 2.89. The molecule has 15 heavy (non-hydrogen) atoms. The van der Waals surface area contributed by atoms with Crippen molar-refractivity contribution in [2.45, 2.75) is 25.8 Å². The molecule has 1 atom stereocenters. The summed E-state index contributed by atoms with van der Waals surface area (Å²) in [7, 11) is 1.94. The number of rotatable bonds is 4. The maximum absolute atomic E-state index is 5.59. The van der Waals surface area contributed by atoms with Crippen LogP contribution in [0.5, 0.6) is 0 Å². The molecular formula is C12H17NO2. The maximum Gasteiger partial charge on any atom is 0.114 e. The maximum atomic E-state index is 5.59. The van der Waals surface area contributed by atoms with E-state index in [9.17, 15) is 0 Å². The van der Waals surface area contributed by atoms with Crippen LogP contribution in [0.25, 0.3) is 0 Å². The monoisotopic (exact) mass is 207 g/mol. The van der Waals surface area contributed by atoms with Gasteiger partial charge in [-0.2, -0.15) is 0 Å². The van der Waals surface area contributed by atoms with Crippen molar-refractivity contribution in [3.8, 4) is 0 Å². The Kier molecular flexibility index (Phi) is 3.11. The van der Waals surface area contributed by atoms with E-state index >= 15 is 0 Å². The summed E-state index contributed by atoms with van der Waals surface area (Å²) in [5.74, 6) is 2.05. The minimum atomic E-state index is 0.140. The number of nitrogens with one attached hydrogen (secondary N) is 1. The molecule has 0 saturated carbocycles. The summed E-state index contributed by atoms with van der Waals surface area (Å²) in [6.45, 7) is 2.89. The molecule has 1 aromatic rings. The smallest absolute Gasteiger partial charge is 0.114 e. The van der Waals surface area contributed by atoms with Crippen molar-refractivity contribution in [3.05, 3.63) is 35.5 Å². The summed E-state index contributed by atoms with van der Waals surface area (Å²) >= 11 is 0. The molecule has 1 aliphatic heterocycles. The fourth-order valence-electron chi connectivity index (χ4n) is 1.98. The van der Waals surface area contributed by atoms with Crippen LogP contribution in [0.1, 0.15) is 30.7 Å². The lowest BCUT2D eigenvalue weighted by atomic mass is 10.0. The number of hydrogen-bond donors (Lipinski definition) is 1. The fourth-order valence-corrected chi connectivity index (χ4v) is 1.98. The molecule has 0 aromatic carbocycles. The Bertz CT molecular complexity index is 354. The predicted molar refractivity (Wildman–Crippen MR) is 58.5 cm³/mol. The normalized spacial score (nSPS) is 17.3. The lowest BCUT2D eigenvalue weighted by molar-refractivity contribution is 0.217. The van der Waals surface area contributed by atoms with Crippen molar-refractivity contribution in [3.63, 3.8) is 0 Å². The SMILES string of the molecule is CCc1occc1C(NC)C1=CCCO1. The molecule has 3 nitrogen and oxygen atoms in total. The van der Waals surface area contributed by atoms with Crippen LogP contribution >= 0.6 is 0 Å². The first-order valence-electron chi connectivity index (χ1n) is 5.43. The van der Waals surface area contributed by atoms with Gasteiger partial charge in [-0.1, -0.05) is 6.92 Å².